The molecular formula is C15H23BO2S. The van der Waals surface area contributed by atoms with Gasteiger partial charge in [0, 0.05) is 9.75 Å². The van der Waals surface area contributed by atoms with Crippen molar-refractivity contribution < 1.29 is 9.31 Å². The topological polar surface area (TPSA) is 18.5 Å². The molecule has 0 atom stereocenters. The van der Waals surface area contributed by atoms with Gasteiger partial charge in [0.2, 0.25) is 0 Å². The predicted molar refractivity (Wildman–Crippen MR) is 83.4 cm³/mol. The van der Waals surface area contributed by atoms with E-state index in [0.29, 0.717) is 0 Å². The summed E-state index contributed by atoms with van der Waals surface area (Å²) < 4.78 is 11.9. The second-order valence-corrected chi connectivity index (χ2v) is 7.24. The molecule has 1 aromatic heterocycles. The van der Waals surface area contributed by atoms with Crippen molar-refractivity contribution in [1.29, 1.82) is 0 Å². The highest BCUT2D eigenvalue weighted by Gasteiger charge is 2.49. The molecular weight excluding hydrogens is 255 g/mol. The van der Waals surface area contributed by atoms with Crippen LogP contribution in [0.1, 0.15) is 50.8 Å². The van der Waals surface area contributed by atoms with Crippen molar-refractivity contribution >= 4 is 24.5 Å². The third-order valence-corrected chi connectivity index (χ3v) is 4.98. The van der Waals surface area contributed by atoms with Gasteiger partial charge < -0.3 is 9.31 Å². The summed E-state index contributed by atoms with van der Waals surface area (Å²) in [4.78, 5) is 2.70. The van der Waals surface area contributed by atoms with Crippen LogP contribution in [0.4, 0.5) is 0 Å². The standard InChI is InChI=1S/C15H23BO2S/c1-6-7-12-8-9-13(19-12)10-11-16-17-14(2,3)15(4,5)18-16/h8-11H,6-7H2,1-5H3/b11-10+. The fourth-order valence-electron chi connectivity index (χ4n) is 2.01. The predicted octanol–water partition coefficient (Wildman–Crippen LogP) is 4.35. The molecule has 1 aliphatic rings. The molecule has 1 aromatic rings. The summed E-state index contributed by atoms with van der Waals surface area (Å²) in [6, 6.07) is 4.37. The Balaban J connectivity index is 2.00. The Morgan fingerprint density at radius 3 is 2.37 bits per heavy atom. The van der Waals surface area contributed by atoms with Crippen LogP contribution in [-0.4, -0.2) is 18.3 Å². The first-order valence-corrected chi connectivity index (χ1v) is 7.78. The highest BCUT2D eigenvalue weighted by molar-refractivity contribution is 7.12. The fourth-order valence-corrected chi connectivity index (χ4v) is 3.03. The van der Waals surface area contributed by atoms with E-state index < -0.39 is 0 Å². The molecule has 0 radical (unpaired) electrons. The van der Waals surface area contributed by atoms with Gasteiger partial charge in [0.05, 0.1) is 11.2 Å². The normalized spacial score (nSPS) is 21.4. The first kappa shape index (κ1) is 14.8. The van der Waals surface area contributed by atoms with Crippen molar-refractivity contribution in [2.24, 2.45) is 0 Å². The molecule has 1 saturated heterocycles. The molecule has 2 heterocycles. The lowest BCUT2D eigenvalue weighted by atomic mass is 9.90. The molecule has 1 aliphatic heterocycles. The first-order chi connectivity index (χ1) is 8.84. The van der Waals surface area contributed by atoms with Crippen LogP contribution in [0.3, 0.4) is 0 Å². The Labute approximate surface area is 121 Å². The van der Waals surface area contributed by atoms with E-state index in [1.165, 1.54) is 16.2 Å². The Morgan fingerprint density at radius 2 is 1.79 bits per heavy atom. The quantitative estimate of drug-likeness (QED) is 0.762. The van der Waals surface area contributed by atoms with Gasteiger partial charge in [-0.2, -0.15) is 0 Å². The molecule has 0 amide bonds. The van der Waals surface area contributed by atoms with Crippen molar-refractivity contribution in [3.05, 3.63) is 27.9 Å². The Hall–Kier alpha value is -0.575. The molecule has 2 rings (SSSR count). The number of hydrogen-bond donors (Lipinski definition) is 0. The lowest BCUT2D eigenvalue weighted by Gasteiger charge is -2.32. The molecule has 0 aliphatic carbocycles. The zero-order valence-electron chi connectivity index (χ0n) is 12.5. The SMILES string of the molecule is CCCc1ccc(/C=C/B2OC(C)(C)C(C)(C)O2)s1. The molecule has 104 valence electrons. The fraction of sp³-hybridized carbons (Fsp3) is 0.600. The largest absolute Gasteiger partial charge is 0.487 e. The molecule has 1 fully saturated rings. The highest BCUT2D eigenvalue weighted by Crippen LogP contribution is 2.37. The van der Waals surface area contributed by atoms with Crippen LogP contribution in [0.25, 0.3) is 6.08 Å². The minimum Gasteiger partial charge on any atom is -0.400 e. The maximum Gasteiger partial charge on any atom is 0.487 e. The summed E-state index contributed by atoms with van der Waals surface area (Å²) in [5, 5.41) is 0. The highest BCUT2D eigenvalue weighted by atomic mass is 32.1. The van der Waals surface area contributed by atoms with Crippen LogP contribution in [0, 0.1) is 0 Å². The third-order valence-electron chi connectivity index (χ3n) is 3.87. The van der Waals surface area contributed by atoms with E-state index in [1.54, 1.807) is 0 Å². The molecule has 0 N–H and O–H groups in total. The minimum absolute atomic E-state index is 0.248. The van der Waals surface area contributed by atoms with Crippen molar-refractivity contribution in [3.63, 3.8) is 0 Å². The van der Waals surface area contributed by atoms with E-state index in [0.717, 1.165) is 6.42 Å². The molecule has 0 bridgehead atoms. The summed E-state index contributed by atoms with van der Waals surface area (Å²) in [6.07, 6.45) is 4.46. The van der Waals surface area contributed by atoms with Crippen molar-refractivity contribution in [2.45, 2.75) is 58.7 Å². The monoisotopic (exact) mass is 278 g/mol. The lowest BCUT2D eigenvalue weighted by Crippen LogP contribution is -2.41. The maximum atomic E-state index is 5.94. The maximum absolute atomic E-state index is 5.94. The van der Waals surface area contributed by atoms with Gasteiger partial charge in [0.15, 0.2) is 0 Å². The molecule has 4 heteroatoms. The van der Waals surface area contributed by atoms with E-state index >= 15 is 0 Å². The van der Waals surface area contributed by atoms with Crippen LogP contribution in [0.5, 0.6) is 0 Å². The summed E-state index contributed by atoms with van der Waals surface area (Å²) in [5.41, 5.74) is -0.518. The molecule has 0 spiro atoms. The van der Waals surface area contributed by atoms with Gasteiger partial charge in [-0.05, 0) is 46.2 Å². The first-order valence-electron chi connectivity index (χ1n) is 6.96. The van der Waals surface area contributed by atoms with Crippen molar-refractivity contribution in [1.82, 2.24) is 0 Å². The van der Waals surface area contributed by atoms with Crippen LogP contribution >= 0.6 is 11.3 Å². The Kier molecular flexibility index (Phi) is 4.24. The number of rotatable bonds is 4. The Morgan fingerprint density at radius 1 is 1.16 bits per heavy atom. The molecule has 0 unspecified atom stereocenters. The third kappa shape index (κ3) is 3.30. The summed E-state index contributed by atoms with van der Waals surface area (Å²) in [6.45, 7) is 10.5. The van der Waals surface area contributed by atoms with Crippen molar-refractivity contribution in [3.8, 4) is 0 Å². The van der Waals surface area contributed by atoms with Gasteiger partial charge in [-0.1, -0.05) is 25.4 Å². The van der Waals surface area contributed by atoms with E-state index in [4.69, 9.17) is 9.31 Å². The van der Waals surface area contributed by atoms with E-state index in [9.17, 15) is 0 Å². The molecule has 0 aromatic carbocycles. The van der Waals surface area contributed by atoms with E-state index in [2.05, 4.69) is 52.8 Å². The summed E-state index contributed by atoms with van der Waals surface area (Å²) in [7, 11) is -0.248. The van der Waals surface area contributed by atoms with Gasteiger partial charge in [0.25, 0.3) is 0 Å². The number of thiophene rings is 1. The lowest BCUT2D eigenvalue weighted by molar-refractivity contribution is 0.00578. The van der Waals surface area contributed by atoms with Crippen LogP contribution in [-0.2, 0) is 15.7 Å². The van der Waals surface area contributed by atoms with Crippen LogP contribution < -0.4 is 0 Å². The smallest absolute Gasteiger partial charge is 0.400 e. The average Bonchev–Trinajstić information content (AvgIpc) is 2.80. The molecule has 0 saturated carbocycles. The molecule has 2 nitrogen and oxygen atoms in total. The van der Waals surface area contributed by atoms with Gasteiger partial charge in [-0.25, -0.2) is 0 Å². The summed E-state index contributed by atoms with van der Waals surface area (Å²) >= 11 is 1.84. The van der Waals surface area contributed by atoms with E-state index in [-0.39, 0.29) is 18.3 Å². The number of aryl methyl sites for hydroxylation is 1. The van der Waals surface area contributed by atoms with E-state index in [1.807, 2.05) is 17.3 Å². The van der Waals surface area contributed by atoms with Gasteiger partial charge in [-0.15, -0.1) is 11.3 Å². The second kappa shape index (κ2) is 5.43. The van der Waals surface area contributed by atoms with Crippen LogP contribution in [0.15, 0.2) is 18.1 Å². The van der Waals surface area contributed by atoms with Gasteiger partial charge >= 0.3 is 7.12 Å². The Bertz CT molecular complexity index is 446. The van der Waals surface area contributed by atoms with Gasteiger partial charge in [-0.3, -0.25) is 0 Å². The van der Waals surface area contributed by atoms with Crippen molar-refractivity contribution in [2.75, 3.05) is 0 Å². The van der Waals surface area contributed by atoms with Crippen LogP contribution in [0.2, 0.25) is 0 Å². The average molecular weight is 278 g/mol. The second-order valence-electron chi connectivity index (χ2n) is 6.04. The molecule has 19 heavy (non-hydrogen) atoms. The number of hydrogen-bond acceptors (Lipinski definition) is 3. The minimum atomic E-state index is -0.259. The zero-order chi connectivity index (χ0) is 14.1. The summed E-state index contributed by atoms with van der Waals surface area (Å²) in [5.74, 6) is 2.01. The van der Waals surface area contributed by atoms with Gasteiger partial charge in [0.1, 0.15) is 0 Å². The zero-order valence-corrected chi connectivity index (χ0v) is 13.3.